The first-order valence-electron chi connectivity index (χ1n) is 7.50. The van der Waals surface area contributed by atoms with E-state index in [4.69, 9.17) is 33.3 Å². The predicted octanol–water partition coefficient (Wildman–Crippen LogP) is 3.97. The number of alkyl halides is 2. The Hall–Kier alpha value is -0.930. The lowest BCUT2D eigenvalue weighted by Crippen LogP contribution is -2.39. The Morgan fingerprint density at radius 2 is 2.40 bits per heavy atom. The molecule has 1 saturated heterocycles. The van der Waals surface area contributed by atoms with Gasteiger partial charge in [-0.15, -0.1) is 0 Å². The third-order valence-electron chi connectivity index (χ3n) is 4.28. The molecule has 1 amide bonds. The standard InChI is InChI=1S/C16H15Cl2FIN3O2/c1-15(19,20)8-25-12-11(17)4-9(5-22-12)6-23-7-16(14(18)21)3-2-10(16)13(23)24/h2-5,10,21H,6-8H2,1H3. The zero-order valence-corrected chi connectivity index (χ0v) is 16.9. The van der Waals surface area contributed by atoms with Crippen molar-refractivity contribution < 1.29 is 13.9 Å². The molecule has 1 aliphatic carbocycles. The number of hydrogen-bond donors (Lipinski definition) is 1. The van der Waals surface area contributed by atoms with Crippen molar-refractivity contribution in [2.45, 2.75) is 17.1 Å². The van der Waals surface area contributed by atoms with Crippen molar-refractivity contribution >= 4 is 56.9 Å². The Kier molecular flexibility index (Phi) is 5.02. The average Bonchev–Trinajstić information content (AvgIpc) is 2.65. The Balaban J connectivity index is 1.69. The second kappa shape index (κ2) is 6.66. The van der Waals surface area contributed by atoms with E-state index in [2.05, 4.69) is 4.98 Å². The van der Waals surface area contributed by atoms with E-state index < -0.39 is 9.09 Å². The van der Waals surface area contributed by atoms with E-state index in [0.29, 0.717) is 13.1 Å². The van der Waals surface area contributed by atoms with Gasteiger partial charge in [0, 0.05) is 19.3 Å². The van der Waals surface area contributed by atoms with Crippen LogP contribution in [0.15, 0.2) is 24.4 Å². The number of nitrogens with zero attached hydrogens (tertiary/aromatic N) is 2. The molecule has 1 fully saturated rings. The van der Waals surface area contributed by atoms with Crippen LogP contribution in [0, 0.1) is 16.7 Å². The molecule has 0 spiro atoms. The number of likely N-dealkylation sites (tertiary alicyclic amines) is 1. The summed E-state index contributed by atoms with van der Waals surface area (Å²) in [4.78, 5) is 18.2. The number of hydrogen-bond acceptors (Lipinski definition) is 4. The van der Waals surface area contributed by atoms with Crippen LogP contribution in [0.2, 0.25) is 5.02 Å². The minimum Gasteiger partial charge on any atom is -0.472 e. The van der Waals surface area contributed by atoms with Gasteiger partial charge in [-0.2, -0.15) is 0 Å². The first-order valence-corrected chi connectivity index (χ1v) is 9.33. The molecule has 0 saturated carbocycles. The number of fused-ring (bicyclic) bond motifs is 1. The Morgan fingerprint density at radius 1 is 1.68 bits per heavy atom. The molecular weight excluding hydrogens is 483 g/mol. The normalized spacial score (nSPS) is 26.8. The van der Waals surface area contributed by atoms with Crippen molar-refractivity contribution in [3.63, 3.8) is 0 Å². The summed E-state index contributed by atoms with van der Waals surface area (Å²) in [5, 5.41) is 7.97. The maximum Gasteiger partial charge on any atom is 0.232 e. The number of ether oxygens (including phenoxy) is 1. The Bertz CT molecular complexity index is 768. The summed E-state index contributed by atoms with van der Waals surface area (Å²) in [6.45, 7) is 1.89. The van der Waals surface area contributed by atoms with Gasteiger partial charge in [-0.05, 0) is 41.1 Å². The summed E-state index contributed by atoms with van der Waals surface area (Å²) < 4.78 is 17.3. The molecular formula is C16H15Cl2FIN3O2. The molecule has 3 unspecified atom stereocenters. The molecule has 1 aromatic heterocycles. The van der Waals surface area contributed by atoms with Crippen molar-refractivity contribution in [1.29, 1.82) is 5.41 Å². The number of amides is 1. The lowest BCUT2D eigenvalue weighted by Gasteiger charge is -2.33. The summed E-state index contributed by atoms with van der Waals surface area (Å²) >= 11 is 13.7. The summed E-state index contributed by atoms with van der Waals surface area (Å²) in [5.41, 5.74) is 0.0332. The number of nitrogens with one attached hydrogen (secondary N) is 1. The molecule has 1 aliphatic heterocycles. The van der Waals surface area contributed by atoms with Gasteiger partial charge in [-0.3, -0.25) is 10.2 Å². The lowest BCUT2D eigenvalue weighted by atomic mass is 9.70. The van der Waals surface area contributed by atoms with Crippen LogP contribution in [-0.4, -0.2) is 37.8 Å². The Morgan fingerprint density at radius 3 is 2.88 bits per heavy atom. The van der Waals surface area contributed by atoms with Crippen LogP contribution in [-0.2, 0) is 11.3 Å². The second-order valence-corrected chi connectivity index (χ2v) is 9.41. The third kappa shape index (κ3) is 3.64. The van der Waals surface area contributed by atoms with E-state index in [1.807, 2.05) is 6.08 Å². The van der Waals surface area contributed by atoms with Gasteiger partial charge in [0.25, 0.3) is 0 Å². The van der Waals surface area contributed by atoms with Crippen LogP contribution in [0.1, 0.15) is 12.5 Å². The summed E-state index contributed by atoms with van der Waals surface area (Å²) in [5.74, 6) is -0.281. The molecule has 1 aromatic rings. The van der Waals surface area contributed by atoms with Crippen LogP contribution in [0.4, 0.5) is 4.39 Å². The highest BCUT2D eigenvalue weighted by atomic mass is 127. The fourth-order valence-electron chi connectivity index (χ4n) is 2.95. The molecule has 2 heterocycles. The SMILES string of the molecule is CC(F)(I)COc1ncc(CN2CC3(C(=N)Cl)C=CC3C2=O)cc1Cl. The quantitative estimate of drug-likeness (QED) is 0.280. The summed E-state index contributed by atoms with van der Waals surface area (Å²) in [7, 11) is 0. The van der Waals surface area contributed by atoms with Gasteiger partial charge in [0.05, 0.1) is 11.3 Å². The number of carbonyl (C=O) groups excluding carboxylic acids is 1. The van der Waals surface area contributed by atoms with E-state index in [-0.39, 0.29) is 34.5 Å². The highest BCUT2D eigenvalue weighted by molar-refractivity contribution is 14.1. The zero-order chi connectivity index (χ0) is 18.4. The monoisotopic (exact) mass is 497 g/mol. The third-order valence-corrected chi connectivity index (χ3v) is 5.21. The lowest BCUT2D eigenvalue weighted by molar-refractivity contribution is -0.130. The molecule has 5 nitrogen and oxygen atoms in total. The average molecular weight is 498 g/mol. The summed E-state index contributed by atoms with van der Waals surface area (Å²) in [6.07, 6.45) is 5.13. The first kappa shape index (κ1) is 18.8. The van der Waals surface area contributed by atoms with E-state index in [1.54, 1.807) is 45.8 Å². The van der Waals surface area contributed by atoms with Crippen molar-refractivity contribution in [1.82, 2.24) is 9.88 Å². The Labute approximate surface area is 168 Å². The van der Waals surface area contributed by atoms with Crippen LogP contribution in [0.25, 0.3) is 0 Å². The van der Waals surface area contributed by atoms with E-state index in [0.717, 1.165) is 5.56 Å². The largest absolute Gasteiger partial charge is 0.472 e. The van der Waals surface area contributed by atoms with Gasteiger partial charge >= 0.3 is 0 Å². The van der Waals surface area contributed by atoms with Gasteiger partial charge in [0.2, 0.25) is 11.8 Å². The highest BCUT2D eigenvalue weighted by Gasteiger charge is 2.56. The summed E-state index contributed by atoms with van der Waals surface area (Å²) in [6, 6.07) is 1.65. The number of carbonyl (C=O) groups is 1. The molecule has 1 N–H and O–H groups in total. The van der Waals surface area contributed by atoms with Crippen LogP contribution >= 0.6 is 45.8 Å². The molecule has 3 rings (SSSR count). The molecule has 0 aromatic carbocycles. The van der Waals surface area contributed by atoms with Gasteiger partial charge < -0.3 is 9.64 Å². The smallest absolute Gasteiger partial charge is 0.232 e. The van der Waals surface area contributed by atoms with Crippen molar-refractivity contribution in [2.24, 2.45) is 11.3 Å². The fraction of sp³-hybridized carbons (Fsp3) is 0.438. The van der Waals surface area contributed by atoms with Crippen LogP contribution < -0.4 is 4.74 Å². The number of halogens is 4. The first-order chi connectivity index (χ1) is 11.6. The van der Waals surface area contributed by atoms with E-state index in [1.165, 1.54) is 6.92 Å². The topological polar surface area (TPSA) is 66.3 Å². The molecule has 3 atom stereocenters. The zero-order valence-electron chi connectivity index (χ0n) is 13.2. The van der Waals surface area contributed by atoms with Gasteiger partial charge in [-0.25, -0.2) is 9.37 Å². The number of rotatable bonds is 6. The maximum absolute atomic E-state index is 13.5. The highest BCUT2D eigenvalue weighted by Crippen LogP contribution is 2.48. The number of pyridine rings is 1. The molecule has 2 aliphatic rings. The van der Waals surface area contributed by atoms with Gasteiger partial charge in [-0.1, -0.05) is 35.4 Å². The van der Waals surface area contributed by atoms with Gasteiger partial charge in [0.1, 0.15) is 16.8 Å². The van der Waals surface area contributed by atoms with Crippen LogP contribution in [0.5, 0.6) is 5.88 Å². The van der Waals surface area contributed by atoms with Crippen molar-refractivity contribution in [3.05, 3.63) is 35.0 Å². The molecule has 0 bridgehead atoms. The predicted molar refractivity (Wildman–Crippen MR) is 102 cm³/mol. The van der Waals surface area contributed by atoms with Crippen molar-refractivity contribution in [3.8, 4) is 5.88 Å². The second-order valence-electron chi connectivity index (χ2n) is 6.37. The van der Waals surface area contributed by atoms with Crippen molar-refractivity contribution in [2.75, 3.05) is 13.2 Å². The molecule has 9 heteroatoms. The van der Waals surface area contributed by atoms with E-state index >= 15 is 0 Å². The van der Waals surface area contributed by atoms with Gasteiger partial charge in [0.15, 0.2) is 3.68 Å². The minimum atomic E-state index is -1.52. The van der Waals surface area contributed by atoms with E-state index in [9.17, 15) is 9.18 Å². The molecule has 134 valence electrons. The van der Waals surface area contributed by atoms with Crippen LogP contribution in [0.3, 0.4) is 0 Å². The molecule has 0 radical (unpaired) electrons. The maximum atomic E-state index is 13.5. The fourth-order valence-corrected chi connectivity index (χ4v) is 3.59. The molecule has 25 heavy (non-hydrogen) atoms. The number of aromatic nitrogens is 1. The minimum absolute atomic E-state index is 0.0242.